The summed E-state index contributed by atoms with van der Waals surface area (Å²) in [6.45, 7) is 21.8. The van der Waals surface area contributed by atoms with Gasteiger partial charge in [0, 0.05) is 0 Å². The zero-order valence-electron chi connectivity index (χ0n) is 69.2. The first-order chi connectivity index (χ1) is 53.6. The molecule has 610 valence electrons. The molecule has 0 saturated heterocycles. The second-order valence-electron chi connectivity index (χ2n) is 31.1. The van der Waals surface area contributed by atoms with Crippen LogP contribution in [-0.2, 0) is 24.0 Å². The Morgan fingerprint density at radius 3 is 0.636 bits per heavy atom. The summed E-state index contributed by atoms with van der Waals surface area (Å²) < 4.78 is 54.4. The fourth-order valence-electron chi connectivity index (χ4n) is 15.9. The second-order valence-corrected chi connectivity index (χ2v) is 31.1. The number of carbonyl (C=O) groups excluding carboxylic acids is 5. The summed E-state index contributed by atoms with van der Waals surface area (Å²) in [7, 11) is 1.62. The van der Waals surface area contributed by atoms with Crippen LogP contribution in [0.3, 0.4) is 0 Å². The molecule has 10 rings (SSSR count). The molecular weight excluding hydrogens is 1380 g/mol. The van der Waals surface area contributed by atoms with Crippen molar-refractivity contribution in [2.45, 2.75) is 293 Å². The summed E-state index contributed by atoms with van der Waals surface area (Å²) >= 11 is 0. The predicted molar refractivity (Wildman–Crippen MR) is 441 cm³/mol. The summed E-state index contributed by atoms with van der Waals surface area (Å²) in [4.78, 5) is 61.2. The molecule has 0 N–H and O–H groups in total. The van der Waals surface area contributed by atoms with Gasteiger partial charge in [-0.25, -0.2) is 0 Å². The van der Waals surface area contributed by atoms with Gasteiger partial charge in [-0.15, -0.1) is 0 Å². The SMILES string of the molecule is CCCC1CCC(C(=O)Oc2ccc(OCC)cc2)CC1.CCCC1CCC(C(=O)Oc2ccc(OCC)cc2)CC1.CCCCCC1CCC(C(=O)Oc2ccc(OC)cc2)CC1.CCCCCC1CCC(C(=O)Oc2ccc(OCC)cc2)CC1.CCCCOc1ccc(OC(=O)C2CCC(CCC)CC2)cc1. The van der Waals surface area contributed by atoms with Crippen molar-refractivity contribution in [2.24, 2.45) is 59.2 Å². The second kappa shape index (κ2) is 54.2. The first-order valence-electron chi connectivity index (χ1n) is 43.3. The van der Waals surface area contributed by atoms with E-state index < -0.39 is 0 Å². The Morgan fingerprint density at radius 1 is 0.236 bits per heavy atom. The predicted octanol–water partition coefficient (Wildman–Crippen LogP) is 24.9. The minimum Gasteiger partial charge on any atom is -0.497 e. The van der Waals surface area contributed by atoms with Crippen LogP contribution in [0.25, 0.3) is 0 Å². The third-order valence-corrected chi connectivity index (χ3v) is 22.6. The summed E-state index contributed by atoms with van der Waals surface area (Å²) in [5, 5.41) is 0. The fourth-order valence-corrected chi connectivity index (χ4v) is 15.9. The van der Waals surface area contributed by atoms with Crippen LogP contribution in [0.15, 0.2) is 121 Å². The molecule has 0 bridgehead atoms. The summed E-state index contributed by atoms with van der Waals surface area (Å²) in [6, 6.07) is 36.4. The van der Waals surface area contributed by atoms with Gasteiger partial charge in [0.05, 0.1) is 63.1 Å². The van der Waals surface area contributed by atoms with Crippen molar-refractivity contribution in [3.8, 4) is 57.5 Å². The quantitative estimate of drug-likeness (QED) is 0.0212. The Labute approximate surface area is 662 Å². The monoisotopic (exact) mass is 1520 g/mol. The van der Waals surface area contributed by atoms with E-state index >= 15 is 0 Å². The maximum atomic E-state index is 12.3. The zero-order chi connectivity index (χ0) is 78.9. The van der Waals surface area contributed by atoms with E-state index in [0.29, 0.717) is 48.6 Å². The van der Waals surface area contributed by atoms with E-state index in [2.05, 4.69) is 41.5 Å². The largest absolute Gasteiger partial charge is 0.497 e. The van der Waals surface area contributed by atoms with Gasteiger partial charge in [0.1, 0.15) is 57.5 Å². The van der Waals surface area contributed by atoms with E-state index in [1.165, 1.54) is 116 Å². The molecule has 0 spiro atoms. The normalized spacial score (nSPS) is 21.4. The third kappa shape index (κ3) is 35.4. The molecule has 5 saturated carbocycles. The first-order valence-corrected chi connectivity index (χ1v) is 43.3. The van der Waals surface area contributed by atoms with Crippen LogP contribution in [0.4, 0.5) is 0 Å². The highest BCUT2D eigenvalue weighted by molar-refractivity contribution is 5.77. The lowest BCUT2D eigenvalue weighted by molar-refractivity contribution is -0.141. The van der Waals surface area contributed by atoms with Gasteiger partial charge < -0.3 is 47.4 Å². The molecular formula is C95H140O15. The van der Waals surface area contributed by atoms with Crippen molar-refractivity contribution < 1.29 is 71.3 Å². The molecule has 5 aromatic carbocycles. The Hall–Kier alpha value is -7.55. The highest BCUT2D eigenvalue weighted by atomic mass is 16.6. The summed E-state index contributed by atoms with van der Waals surface area (Å²) in [5.41, 5.74) is 0. The van der Waals surface area contributed by atoms with Gasteiger partial charge in [-0.1, -0.05) is 138 Å². The lowest BCUT2D eigenvalue weighted by atomic mass is 9.80. The Balaban J connectivity index is 0.000000215. The molecule has 5 fully saturated rings. The molecule has 0 radical (unpaired) electrons. The maximum Gasteiger partial charge on any atom is 0.314 e. The standard InChI is InChI=1S/2C20H30O3.C19H28O3.2C18H26O3/c1-3-5-6-7-16-8-10-17(11-9-16)20(21)23-19-14-12-18(13-15-19)22-4-2;1-3-5-15-22-18-11-13-19(14-12-18)23-20(21)17-9-7-16(6-4-2)8-10-17;1-3-4-5-6-15-7-9-16(10-8-15)19(20)22-18-13-11-17(21-2)12-14-18;2*1-3-5-14-6-8-15(9-7-14)18(19)21-17-12-10-16(11-13-17)20-4-2/h12-17H,3-11H2,1-2H3;11-14,16-17H,3-10,15H2,1-2H3;11-16H,3-10H2,1-2H3;2*10-15H,3-9H2,1-2H3. The van der Waals surface area contributed by atoms with E-state index in [9.17, 15) is 24.0 Å². The Bertz CT molecular complexity index is 3150. The van der Waals surface area contributed by atoms with Crippen molar-refractivity contribution in [2.75, 3.05) is 33.5 Å². The lowest BCUT2D eigenvalue weighted by Crippen LogP contribution is -2.25. The average molecular weight is 1520 g/mol. The number of rotatable bonds is 35. The van der Waals surface area contributed by atoms with Crippen molar-refractivity contribution in [3.63, 3.8) is 0 Å². The average Bonchev–Trinajstić information content (AvgIpc) is 0.884. The van der Waals surface area contributed by atoms with Crippen LogP contribution in [0, 0.1) is 59.2 Å². The summed E-state index contributed by atoms with van der Waals surface area (Å²) in [6.07, 6.45) is 41.8. The van der Waals surface area contributed by atoms with Gasteiger partial charge in [-0.05, 0) is 307 Å². The third-order valence-electron chi connectivity index (χ3n) is 22.6. The van der Waals surface area contributed by atoms with Crippen molar-refractivity contribution in [1.82, 2.24) is 0 Å². The number of hydrogen-bond donors (Lipinski definition) is 0. The topological polar surface area (TPSA) is 178 Å². The van der Waals surface area contributed by atoms with E-state index in [1.807, 2.05) is 93.6 Å². The number of benzene rings is 5. The number of esters is 5. The van der Waals surface area contributed by atoms with Crippen molar-refractivity contribution >= 4 is 29.8 Å². The van der Waals surface area contributed by atoms with Gasteiger partial charge in [-0.3, -0.25) is 24.0 Å². The van der Waals surface area contributed by atoms with Crippen LogP contribution in [0.2, 0.25) is 0 Å². The van der Waals surface area contributed by atoms with Gasteiger partial charge in [-0.2, -0.15) is 0 Å². The van der Waals surface area contributed by atoms with E-state index in [1.54, 1.807) is 55.6 Å². The Morgan fingerprint density at radius 2 is 0.436 bits per heavy atom. The molecule has 5 aliphatic carbocycles. The molecule has 15 nitrogen and oxygen atoms in total. The molecule has 110 heavy (non-hydrogen) atoms. The molecule has 15 heteroatoms. The number of ether oxygens (including phenoxy) is 10. The van der Waals surface area contributed by atoms with Crippen LogP contribution < -0.4 is 47.4 Å². The lowest BCUT2D eigenvalue weighted by Gasteiger charge is -2.27. The minimum absolute atomic E-state index is 0.0684. The van der Waals surface area contributed by atoms with Gasteiger partial charge in [0.25, 0.3) is 0 Å². The van der Waals surface area contributed by atoms with Gasteiger partial charge in [0.15, 0.2) is 0 Å². The number of unbranched alkanes of at least 4 members (excludes halogenated alkanes) is 5. The highest BCUT2D eigenvalue weighted by Gasteiger charge is 2.32. The maximum absolute atomic E-state index is 12.3. The summed E-state index contributed by atoms with van der Waals surface area (Å²) in [5.74, 6) is 11.1. The van der Waals surface area contributed by atoms with Crippen molar-refractivity contribution in [3.05, 3.63) is 121 Å². The van der Waals surface area contributed by atoms with Crippen LogP contribution in [-0.4, -0.2) is 63.4 Å². The minimum atomic E-state index is -0.0749. The molecule has 0 atom stereocenters. The molecule has 0 amide bonds. The van der Waals surface area contributed by atoms with E-state index in [0.717, 1.165) is 181 Å². The van der Waals surface area contributed by atoms with Crippen molar-refractivity contribution in [1.29, 1.82) is 0 Å². The fraction of sp³-hybridized carbons (Fsp3) is 0.632. The number of carbonyl (C=O) groups is 5. The zero-order valence-corrected chi connectivity index (χ0v) is 69.2. The molecule has 0 aliphatic heterocycles. The van der Waals surface area contributed by atoms with Crippen LogP contribution in [0.5, 0.6) is 57.5 Å². The van der Waals surface area contributed by atoms with E-state index in [-0.39, 0.29) is 59.4 Å². The van der Waals surface area contributed by atoms with E-state index in [4.69, 9.17) is 47.4 Å². The number of methoxy groups -OCH3 is 1. The Kier molecular flexibility index (Phi) is 45.0. The van der Waals surface area contributed by atoms with Gasteiger partial charge >= 0.3 is 29.8 Å². The first kappa shape index (κ1) is 91.3. The highest BCUT2D eigenvalue weighted by Crippen LogP contribution is 2.39. The smallest absolute Gasteiger partial charge is 0.314 e. The molecule has 0 heterocycles. The van der Waals surface area contributed by atoms with Gasteiger partial charge in [0.2, 0.25) is 0 Å². The molecule has 5 aromatic rings. The van der Waals surface area contributed by atoms with Crippen LogP contribution >= 0.6 is 0 Å². The molecule has 0 aromatic heterocycles. The number of hydrogen-bond acceptors (Lipinski definition) is 15. The molecule has 0 unspecified atom stereocenters. The molecule has 5 aliphatic rings. The van der Waals surface area contributed by atoms with Crippen LogP contribution in [0.1, 0.15) is 293 Å².